The molecule has 1 atom stereocenters. The SMILES string of the molecule is Cc1c(C2C3=C(CC(C)(C)CC3=O)Oc3ccccc32)c(=O)n(-c2ccccc2)n1C. The second-order valence-electron chi connectivity index (χ2n) is 9.33. The molecule has 1 aliphatic heterocycles. The van der Waals surface area contributed by atoms with Gasteiger partial charge in [0.05, 0.1) is 17.2 Å². The van der Waals surface area contributed by atoms with E-state index in [1.54, 1.807) is 4.68 Å². The molecule has 1 aliphatic carbocycles. The fourth-order valence-electron chi connectivity index (χ4n) is 5.01. The molecule has 3 aromatic rings. The molecule has 0 amide bonds. The molecule has 5 rings (SSSR count). The van der Waals surface area contributed by atoms with Gasteiger partial charge in [-0.2, -0.15) is 0 Å². The Hall–Kier alpha value is -3.34. The van der Waals surface area contributed by atoms with Crippen LogP contribution in [0.5, 0.6) is 5.75 Å². The first kappa shape index (κ1) is 19.6. The summed E-state index contributed by atoms with van der Waals surface area (Å²) >= 11 is 0. The summed E-state index contributed by atoms with van der Waals surface area (Å²) < 4.78 is 9.80. The average molecular weight is 415 g/mol. The van der Waals surface area contributed by atoms with E-state index in [1.165, 1.54) is 0 Å². The highest BCUT2D eigenvalue weighted by molar-refractivity contribution is 6.00. The largest absolute Gasteiger partial charge is 0.461 e. The van der Waals surface area contributed by atoms with E-state index in [0.29, 0.717) is 29.7 Å². The van der Waals surface area contributed by atoms with Crippen LogP contribution in [0.15, 0.2) is 70.7 Å². The van der Waals surface area contributed by atoms with Gasteiger partial charge in [-0.05, 0) is 30.5 Å². The molecule has 0 bridgehead atoms. The zero-order chi connectivity index (χ0) is 21.9. The van der Waals surface area contributed by atoms with Gasteiger partial charge in [-0.15, -0.1) is 0 Å². The number of aromatic nitrogens is 2. The van der Waals surface area contributed by atoms with Crippen LogP contribution in [-0.2, 0) is 11.8 Å². The molecular formula is C26H26N2O3. The molecule has 0 fully saturated rings. The van der Waals surface area contributed by atoms with E-state index in [4.69, 9.17) is 4.74 Å². The number of hydrogen-bond acceptors (Lipinski definition) is 3. The lowest BCUT2D eigenvalue weighted by molar-refractivity contribution is -0.118. The lowest BCUT2D eigenvalue weighted by atomic mass is 9.70. The van der Waals surface area contributed by atoms with E-state index in [1.807, 2.05) is 73.3 Å². The van der Waals surface area contributed by atoms with Gasteiger partial charge < -0.3 is 4.74 Å². The Labute approximate surface area is 181 Å². The van der Waals surface area contributed by atoms with Gasteiger partial charge >= 0.3 is 0 Å². The number of hydrogen-bond donors (Lipinski definition) is 0. The molecule has 0 radical (unpaired) electrons. The van der Waals surface area contributed by atoms with Crippen molar-refractivity contribution in [3.63, 3.8) is 0 Å². The van der Waals surface area contributed by atoms with Crippen molar-refractivity contribution < 1.29 is 9.53 Å². The maximum absolute atomic E-state index is 13.8. The molecule has 0 N–H and O–H groups in total. The highest BCUT2D eigenvalue weighted by Crippen LogP contribution is 2.49. The first-order valence-electron chi connectivity index (χ1n) is 10.7. The number of carbonyl (C=O) groups is 1. The number of ether oxygens (including phenoxy) is 1. The fraction of sp³-hybridized carbons (Fsp3) is 0.308. The van der Waals surface area contributed by atoms with Crippen LogP contribution in [0.2, 0.25) is 0 Å². The molecule has 1 unspecified atom stereocenters. The average Bonchev–Trinajstić information content (AvgIpc) is 2.94. The Bertz CT molecular complexity index is 1290. The van der Waals surface area contributed by atoms with Crippen LogP contribution in [0.4, 0.5) is 0 Å². The topological polar surface area (TPSA) is 53.2 Å². The number of carbonyl (C=O) groups excluding carboxylic acids is 1. The second kappa shape index (κ2) is 6.84. The Morgan fingerprint density at radius 1 is 0.968 bits per heavy atom. The minimum absolute atomic E-state index is 0.0691. The van der Waals surface area contributed by atoms with E-state index < -0.39 is 5.92 Å². The predicted molar refractivity (Wildman–Crippen MR) is 120 cm³/mol. The maximum atomic E-state index is 13.8. The highest BCUT2D eigenvalue weighted by atomic mass is 16.5. The van der Waals surface area contributed by atoms with Crippen LogP contribution in [0.25, 0.3) is 5.69 Å². The number of ketones is 1. The van der Waals surface area contributed by atoms with Crippen LogP contribution in [-0.4, -0.2) is 15.1 Å². The van der Waals surface area contributed by atoms with E-state index >= 15 is 0 Å². The van der Waals surface area contributed by atoms with E-state index in [2.05, 4.69) is 13.8 Å². The third-order valence-electron chi connectivity index (χ3n) is 6.52. The second-order valence-corrected chi connectivity index (χ2v) is 9.33. The zero-order valence-corrected chi connectivity index (χ0v) is 18.3. The van der Waals surface area contributed by atoms with Crippen molar-refractivity contribution in [2.75, 3.05) is 0 Å². The molecule has 31 heavy (non-hydrogen) atoms. The van der Waals surface area contributed by atoms with E-state index in [-0.39, 0.29) is 16.8 Å². The van der Waals surface area contributed by atoms with Gasteiger partial charge in [0.15, 0.2) is 5.78 Å². The van der Waals surface area contributed by atoms with Crippen molar-refractivity contribution in [3.8, 4) is 11.4 Å². The van der Waals surface area contributed by atoms with Crippen LogP contribution in [0.1, 0.15) is 49.4 Å². The molecule has 2 aliphatic rings. The summed E-state index contributed by atoms with van der Waals surface area (Å²) in [5, 5.41) is 0. The summed E-state index contributed by atoms with van der Waals surface area (Å²) in [7, 11) is 1.89. The molecule has 5 nitrogen and oxygen atoms in total. The Morgan fingerprint density at radius 3 is 2.39 bits per heavy atom. The normalized spacial score (nSPS) is 19.6. The zero-order valence-electron chi connectivity index (χ0n) is 18.3. The number of nitrogens with zero attached hydrogens (tertiary/aromatic N) is 2. The third-order valence-corrected chi connectivity index (χ3v) is 6.52. The van der Waals surface area contributed by atoms with Gasteiger partial charge in [-0.3, -0.25) is 14.3 Å². The number of Topliss-reactive ketones (excluding diaryl/α,β-unsaturated/α-hetero) is 1. The first-order chi connectivity index (χ1) is 14.8. The van der Waals surface area contributed by atoms with E-state index in [9.17, 15) is 9.59 Å². The van der Waals surface area contributed by atoms with Gasteiger partial charge in [0.2, 0.25) is 0 Å². The molecule has 2 aromatic carbocycles. The van der Waals surface area contributed by atoms with Crippen molar-refractivity contribution in [2.45, 2.75) is 39.5 Å². The van der Waals surface area contributed by atoms with Crippen LogP contribution in [0.3, 0.4) is 0 Å². The number of para-hydroxylation sites is 2. The standard InChI is InChI=1S/C26H26N2O3/c1-16-22(25(30)28(27(16)4)17-10-6-5-7-11-17)23-18-12-8-9-13-20(18)31-21-15-26(2,3)14-19(29)24(21)23/h5-13,23H,14-15H2,1-4H3. The smallest absolute Gasteiger partial charge is 0.275 e. The molecule has 2 heterocycles. The van der Waals surface area contributed by atoms with Gasteiger partial charge in [-0.25, -0.2) is 4.68 Å². The van der Waals surface area contributed by atoms with Gasteiger partial charge in [0.25, 0.3) is 5.56 Å². The number of allylic oxidation sites excluding steroid dienone is 2. The summed E-state index contributed by atoms with van der Waals surface area (Å²) in [6.45, 7) is 6.12. The van der Waals surface area contributed by atoms with Crippen LogP contribution < -0.4 is 10.3 Å². The lowest BCUT2D eigenvalue weighted by Gasteiger charge is -2.38. The molecular weight excluding hydrogens is 388 g/mol. The summed E-state index contributed by atoms with van der Waals surface area (Å²) in [4.78, 5) is 27.2. The highest BCUT2D eigenvalue weighted by Gasteiger charge is 2.44. The molecule has 0 saturated heterocycles. The first-order valence-corrected chi connectivity index (χ1v) is 10.7. The minimum atomic E-state index is -0.424. The monoisotopic (exact) mass is 414 g/mol. The number of rotatable bonds is 2. The maximum Gasteiger partial charge on any atom is 0.275 e. The van der Waals surface area contributed by atoms with E-state index in [0.717, 1.165) is 22.7 Å². The molecule has 1 aromatic heterocycles. The summed E-state index contributed by atoms with van der Waals surface area (Å²) in [6, 6.07) is 17.4. The predicted octanol–water partition coefficient (Wildman–Crippen LogP) is 4.65. The van der Waals surface area contributed by atoms with Crippen molar-refractivity contribution in [1.29, 1.82) is 0 Å². The van der Waals surface area contributed by atoms with Crippen molar-refractivity contribution in [2.24, 2.45) is 12.5 Å². The summed E-state index contributed by atoms with van der Waals surface area (Å²) in [5.41, 5.74) is 3.54. The minimum Gasteiger partial charge on any atom is -0.461 e. The Morgan fingerprint density at radius 2 is 1.65 bits per heavy atom. The summed E-state index contributed by atoms with van der Waals surface area (Å²) in [6.07, 6.45) is 1.13. The summed E-state index contributed by atoms with van der Waals surface area (Å²) in [5.74, 6) is 1.08. The molecule has 0 spiro atoms. The fourth-order valence-corrected chi connectivity index (χ4v) is 5.01. The molecule has 158 valence electrons. The van der Waals surface area contributed by atoms with Crippen molar-refractivity contribution >= 4 is 5.78 Å². The van der Waals surface area contributed by atoms with Crippen molar-refractivity contribution in [3.05, 3.63) is 93.1 Å². The third kappa shape index (κ3) is 2.99. The Kier molecular flexibility index (Phi) is 4.33. The van der Waals surface area contributed by atoms with Gasteiger partial charge in [-0.1, -0.05) is 50.2 Å². The quantitative estimate of drug-likeness (QED) is 0.613. The van der Waals surface area contributed by atoms with Gasteiger partial charge in [0.1, 0.15) is 11.5 Å². The van der Waals surface area contributed by atoms with Crippen LogP contribution in [0, 0.1) is 12.3 Å². The Balaban J connectivity index is 1.79. The van der Waals surface area contributed by atoms with Gasteiger partial charge in [0, 0.05) is 36.7 Å². The molecule has 5 heteroatoms. The lowest BCUT2D eigenvalue weighted by Crippen LogP contribution is -2.34. The number of fused-ring (bicyclic) bond motifs is 1. The van der Waals surface area contributed by atoms with Crippen molar-refractivity contribution in [1.82, 2.24) is 9.36 Å². The number of benzene rings is 2. The molecule has 0 saturated carbocycles. The van der Waals surface area contributed by atoms with Crippen LogP contribution >= 0.6 is 0 Å².